The van der Waals surface area contributed by atoms with E-state index in [1.165, 1.54) is 12.1 Å². The molecule has 0 aliphatic carbocycles. The van der Waals surface area contributed by atoms with Crippen LogP contribution in [0.5, 0.6) is 0 Å². The van der Waals surface area contributed by atoms with Gasteiger partial charge in [-0.25, -0.2) is 4.39 Å². The lowest BCUT2D eigenvalue weighted by molar-refractivity contribution is -0.153. The van der Waals surface area contributed by atoms with Crippen molar-refractivity contribution in [1.29, 1.82) is 0 Å². The van der Waals surface area contributed by atoms with Gasteiger partial charge in [0, 0.05) is 17.6 Å². The van der Waals surface area contributed by atoms with E-state index in [9.17, 15) is 19.1 Å². The minimum atomic E-state index is -0.896. The van der Waals surface area contributed by atoms with Crippen LogP contribution in [0.3, 0.4) is 0 Å². The average Bonchev–Trinajstić information content (AvgIpc) is 2.42. The van der Waals surface area contributed by atoms with Gasteiger partial charge in [0.25, 0.3) is 0 Å². The summed E-state index contributed by atoms with van der Waals surface area (Å²) in [5.41, 5.74) is -0.324. The third kappa shape index (κ3) is 3.61. The van der Waals surface area contributed by atoms with Crippen LogP contribution in [0.25, 0.3) is 0 Å². The van der Waals surface area contributed by atoms with Crippen LogP contribution in [0, 0.1) is 11.2 Å². The van der Waals surface area contributed by atoms with Crippen molar-refractivity contribution in [3.05, 3.63) is 34.1 Å². The van der Waals surface area contributed by atoms with Gasteiger partial charge < -0.3 is 10.0 Å². The number of rotatable bonds is 3. The second-order valence-corrected chi connectivity index (χ2v) is 6.55. The van der Waals surface area contributed by atoms with Crippen LogP contribution in [0.1, 0.15) is 25.3 Å². The molecule has 1 aromatic rings. The van der Waals surface area contributed by atoms with E-state index in [1.807, 2.05) is 0 Å². The lowest BCUT2D eigenvalue weighted by atomic mass is 9.82. The van der Waals surface area contributed by atoms with E-state index in [1.54, 1.807) is 17.9 Å². The fourth-order valence-electron chi connectivity index (χ4n) is 2.58. The van der Waals surface area contributed by atoms with Crippen molar-refractivity contribution in [3.8, 4) is 0 Å². The highest BCUT2D eigenvalue weighted by atomic mass is 79.9. The molecule has 114 valence electrons. The van der Waals surface area contributed by atoms with Crippen molar-refractivity contribution in [2.45, 2.75) is 26.2 Å². The minimum Gasteiger partial charge on any atom is -0.481 e. The topological polar surface area (TPSA) is 57.6 Å². The van der Waals surface area contributed by atoms with Crippen LogP contribution in [-0.2, 0) is 16.0 Å². The van der Waals surface area contributed by atoms with E-state index in [4.69, 9.17) is 0 Å². The fraction of sp³-hybridized carbons (Fsp3) is 0.467. The van der Waals surface area contributed by atoms with E-state index in [0.29, 0.717) is 29.4 Å². The molecule has 1 atom stereocenters. The summed E-state index contributed by atoms with van der Waals surface area (Å²) in [6, 6.07) is 4.21. The van der Waals surface area contributed by atoms with Gasteiger partial charge in [-0.1, -0.05) is 15.9 Å². The molecule has 2 rings (SSSR count). The van der Waals surface area contributed by atoms with Crippen LogP contribution in [0.4, 0.5) is 4.39 Å². The van der Waals surface area contributed by atoms with Gasteiger partial charge in [-0.2, -0.15) is 0 Å². The summed E-state index contributed by atoms with van der Waals surface area (Å²) in [6.07, 6.45) is 1.29. The first kappa shape index (κ1) is 15.9. The van der Waals surface area contributed by atoms with Gasteiger partial charge in [-0.05, 0) is 43.5 Å². The average molecular weight is 358 g/mol. The van der Waals surface area contributed by atoms with Gasteiger partial charge in [-0.3, -0.25) is 9.59 Å². The Morgan fingerprint density at radius 1 is 1.48 bits per heavy atom. The van der Waals surface area contributed by atoms with Crippen LogP contribution < -0.4 is 0 Å². The zero-order valence-corrected chi connectivity index (χ0v) is 13.3. The normalized spacial score (nSPS) is 22.1. The quantitative estimate of drug-likeness (QED) is 0.904. The molecule has 0 aromatic heterocycles. The predicted octanol–water partition coefficient (Wildman–Crippen LogP) is 2.84. The molecule has 1 unspecified atom stereocenters. The molecule has 0 saturated carbocycles. The Morgan fingerprint density at radius 3 is 2.86 bits per heavy atom. The summed E-state index contributed by atoms with van der Waals surface area (Å²) in [4.78, 5) is 25.2. The molecular formula is C15H17BrFNO3. The van der Waals surface area contributed by atoms with Gasteiger partial charge >= 0.3 is 5.97 Å². The van der Waals surface area contributed by atoms with Crippen molar-refractivity contribution >= 4 is 27.8 Å². The van der Waals surface area contributed by atoms with Crippen LogP contribution >= 0.6 is 15.9 Å². The lowest BCUT2D eigenvalue weighted by Crippen LogP contribution is -2.48. The number of amides is 1. The maximum Gasteiger partial charge on any atom is 0.311 e. The first-order chi connectivity index (χ1) is 9.82. The number of nitrogens with zero attached hydrogens (tertiary/aromatic N) is 1. The Hall–Kier alpha value is -1.43. The summed E-state index contributed by atoms with van der Waals surface area (Å²) < 4.78 is 13.9. The fourth-order valence-corrected chi connectivity index (χ4v) is 2.97. The number of hydrogen-bond donors (Lipinski definition) is 1. The number of hydrogen-bond acceptors (Lipinski definition) is 2. The maximum absolute atomic E-state index is 13.2. The molecule has 0 radical (unpaired) electrons. The number of carbonyl (C=O) groups excluding carboxylic acids is 1. The van der Waals surface area contributed by atoms with Gasteiger partial charge in [-0.15, -0.1) is 0 Å². The number of likely N-dealkylation sites (tertiary alicyclic amines) is 1. The summed E-state index contributed by atoms with van der Waals surface area (Å²) in [6.45, 7) is 2.41. The molecule has 1 heterocycles. The third-order valence-electron chi connectivity index (χ3n) is 3.91. The predicted molar refractivity (Wildman–Crippen MR) is 79.4 cm³/mol. The maximum atomic E-state index is 13.2. The Kier molecular flexibility index (Phi) is 4.66. The molecular weight excluding hydrogens is 341 g/mol. The van der Waals surface area contributed by atoms with Crippen molar-refractivity contribution in [2.75, 3.05) is 13.1 Å². The highest BCUT2D eigenvalue weighted by Crippen LogP contribution is 2.30. The standard InChI is InChI=1S/C15H17BrFNO3/c1-15(14(20)21)5-2-6-18(9-15)13(19)8-10-7-11(17)3-4-12(10)16/h3-4,7H,2,5-6,8-9H2,1H3,(H,20,21). The van der Waals surface area contributed by atoms with Crippen LogP contribution in [0.2, 0.25) is 0 Å². The Labute approximate surface area is 131 Å². The monoisotopic (exact) mass is 357 g/mol. The molecule has 21 heavy (non-hydrogen) atoms. The van der Waals surface area contributed by atoms with Crippen molar-refractivity contribution in [2.24, 2.45) is 5.41 Å². The van der Waals surface area contributed by atoms with Crippen molar-refractivity contribution in [3.63, 3.8) is 0 Å². The number of carboxylic acids is 1. The molecule has 6 heteroatoms. The molecule has 1 amide bonds. The van der Waals surface area contributed by atoms with Crippen LogP contribution in [0.15, 0.2) is 22.7 Å². The van der Waals surface area contributed by atoms with E-state index in [-0.39, 0.29) is 18.9 Å². The number of piperidine rings is 1. The minimum absolute atomic E-state index is 0.0635. The van der Waals surface area contributed by atoms with Gasteiger partial charge in [0.2, 0.25) is 5.91 Å². The second kappa shape index (κ2) is 6.13. The molecule has 4 nitrogen and oxygen atoms in total. The third-order valence-corrected chi connectivity index (χ3v) is 4.69. The number of benzene rings is 1. The summed E-state index contributed by atoms with van der Waals surface area (Å²) in [7, 11) is 0. The smallest absolute Gasteiger partial charge is 0.311 e. The second-order valence-electron chi connectivity index (χ2n) is 5.70. The van der Waals surface area contributed by atoms with E-state index in [2.05, 4.69) is 15.9 Å². The zero-order valence-electron chi connectivity index (χ0n) is 11.7. The Bertz CT molecular complexity index is 578. The van der Waals surface area contributed by atoms with Crippen molar-refractivity contribution in [1.82, 2.24) is 4.90 Å². The zero-order chi connectivity index (χ0) is 15.6. The summed E-state index contributed by atoms with van der Waals surface area (Å²) >= 11 is 3.30. The Balaban J connectivity index is 2.10. The highest BCUT2D eigenvalue weighted by Gasteiger charge is 2.39. The number of carboxylic acid groups (broad SMARTS) is 1. The SMILES string of the molecule is CC1(C(=O)O)CCCN(C(=O)Cc2cc(F)ccc2Br)C1. The summed E-state index contributed by atoms with van der Waals surface area (Å²) in [5.74, 6) is -1.45. The number of halogens is 2. The first-order valence-electron chi connectivity index (χ1n) is 6.77. The Morgan fingerprint density at radius 2 is 2.19 bits per heavy atom. The lowest BCUT2D eigenvalue weighted by Gasteiger charge is -2.37. The molecule has 0 bridgehead atoms. The highest BCUT2D eigenvalue weighted by molar-refractivity contribution is 9.10. The number of aliphatic carboxylic acids is 1. The first-order valence-corrected chi connectivity index (χ1v) is 7.56. The van der Waals surface area contributed by atoms with E-state index >= 15 is 0 Å². The molecule has 1 aliphatic rings. The molecule has 1 N–H and O–H groups in total. The van der Waals surface area contributed by atoms with Gasteiger partial charge in [0.05, 0.1) is 11.8 Å². The van der Waals surface area contributed by atoms with Crippen molar-refractivity contribution < 1.29 is 19.1 Å². The van der Waals surface area contributed by atoms with Gasteiger partial charge in [0.1, 0.15) is 5.82 Å². The molecule has 1 aliphatic heterocycles. The largest absolute Gasteiger partial charge is 0.481 e. The molecule has 0 spiro atoms. The van der Waals surface area contributed by atoms with E-state index < -0.39 is 17.2 Å². The molecule has 1 aromatic carbocycles. The van der Waals surface area contributed by atoms with E-state index in [0.717, 1.165) is 0 Å². The summed E-state index contributed by atoms with van der Waals surface area (Å²) in [5, 5.41) is 9.27. The molecule has 1 fully saturated rings. The molecule has 1 saturated heterocycles. The van der Waals surface area contributed by atoms with Crippen LogP contribution in [-0.4, -0.2) is 35.0 Å². The van der Waals surface area contributed by atoms with Gasteiger partial charge in [0.15, 0.2) is 0 Å². The number of carbonyl (C=O) groups is 2.